The molecule has 0 aliphatic carbocycles. The Bertz CT molecular complexity index is 854. The summed E-state index contributed by atoms with van der Waals surface area (Å²) in [7, 11) is -3.64. The summed E-state index contributed by atoms with van der Waals surface area (Å²) in [5, 5.41) is 3.33. The minimum Gasteiger partial charge on any atom is -0.324 e. The summed E-state index contributed by atoms with van der Waals surface area (Å²) in [6, 6.07) is 12.9. The van der Waals surface area contributed by atoms with Crippen molar-refractivity contribution >= 4 is 38.9 Å². The minimum absolute atomic E-state index is 0.327. The normalized spacial score (nSPS) is 12.5. The molecule has 0 aromatic heterocycles. The molecule has 1 N–H and O–H groups in total. The third-order valence-electron chi connectivity index (χ3n) is 3.87. The van der Waals surface area contributed by atoms with Crippen molar-refractivity contribution in [2.45, 2.75) is 26.3 Å². The van der Waals surface area contributed by atoms with E-state index in [1.54, 1.807) is 62.4 Å². The number of para-hydroxylation sites is 1. The zero-order valence-electron chi connectivity index (χ0n) is 14.4. The Labute approximate surface area is 153 Å². The van der Waals surface area contributed by atoms with Crippen LogP contribution in [-0.4, -0.2) is 26.6 Å². The van der Waals surface area contributed by atoms with Gasteiger partial charge >= 0.3 is 0 Å². The van der Waals surface area contributed by atoms with Crippen LogP contribution < -0.4 is 9.62 Å². The maximum absolute atomic E-state index is 12.8. The summed E-state index contributed by atoms with van der Waals surface area (Å²) in [6.45, 7) is 3.57. The Morgan fingerprint density at radius 3 is 2.36 bits per heavy atom. The van der Waals surface area contributed by atoms with Gasteiger partial charge in [0, 0.05) is 10.7 Å². The molecule has 0 fully saturated rings. The van der Waals surface area contributed by atoms with Crippen LogP contribution in [0.5, 0.6) is 0 Å². The van der Waals surface area contributed by atoms with Crippen molar-refractivity contribution in [1.29, 1.82) is 0 Å². The molecule has 2 aromatic rings. The summed E-state index contributed by atoms with van der Waals surface area (Å²) < 4.78 is 25.8. The van der Waals surface area contributed by atoms with Gasteiger partial charge in [-0.3, -0.25) is 9.10 Å². The van der Waals surface area contributed by atoms with E-state index in [4.69, 9.17) is 11.6 Å². The molecule has 1 amide bonds. The van der Waals surface area contributed by atoms with Crippen molar-refractivity contribution in [2.75, 3.05) is 15.9 Å². The first-order chi connectivity index (χ1) is 11.8. The van der Waals surface area contributed by atoms with Crippen LogP contribution in [0.4, 0.5) is 11.4 Å². The Morgan fingerprint density at radius 2 is 1.80 bits per heavy atom. The van der Waals surface area contributed by atoms with Crippen LogP contribution in [0, 0.1) is 6.92 Å². The van der Waals surface area contributed by atoms with Crippen LogP contribution >= 0.6 is 11.6 Å². The lowest BCUT2D eigenvalue weighted by Gasteiger charge is -2.30. The average molecular weight is 381 g/mol. The molecule has 0 aliphatic heterocycles. The van der Waals surface area contributed by atoms with Crippen molar-refractivity contribution in [3.05, 3.63) is 59.1 Å². The Morgan fingerprint density at radius 1 is 1.16 bits per heavy atom. The van der Waals surface area contributed by atoms with Crippen LogP contribution in [-0.2, 0) is 14.8 Å². The molecule has 134 valence electrons. The van der Waals surface area contributed by atoms with Gasteiger partial charge in [0.1, 0.15) is 6.04 Å². The van der Waals surface area contributed by atoms with E-state index in [2.05, 4.69) is 5.32 Å². The van der Waals surface area contributed by atoms with Crippen molar-refractivity contribution < 1.29 is 13.2 Å². The van der Waals surface area contributed by atoms with Crippen LogP contribution in [0.3, 0.4) is 0 Å². The van der Waals surface area contributed by atoms with Gasteiger partial charge in [0.25, 0.3) is 0 Å². The lowest BCUT2D eigenvalue weighted by Crippen LogP contribution is -2.47. The number of amides is 1. The number of nitrogens with zero attached hydrogens (tertiary/aromatic N) is 1. The molecule has 0 heterocycles. The second kappa shape index (κ2) is 7.89. The standard InChI is InChI=1S/C18H21ClN2O3S/c1-4-17(18(22)20-16-12-8-11-15(19)13(16)2)21(25(3,23)24)14-9-6-5-7-10-14/h5-12,17H,4H2,1-3H3,(H,20,22)/t17-/m1/s1. The van der Waals surface area contributed by atoms with Gasteiger partial charge in [-0.05, 0) is 43.2 Å². The molecule has 2 rings (SSSR count). The predicted molar refractivity (Wildman–Crippen MR) is 103 cm³/mol. The largest absolute Gasteiger partial charge is 0.324 e. The van der Waals surface area contributed by atoms with Gasteiger partial charge < -0.3 is 5.32 Å². The van der Waals surface area contributed by atoms with Crippen molar-refractivity contribution in [3.8, 4) is 0 Å². The fourth-order valence-electron chi connectivity index (χ4n) is 2.59. The highest BCUT2D eigenvalue weighted by atomic mass is 35.5. The fraction of sp³-hybridized carbons (Fsp3) is 0.278. The Hall–Kier alpha value is -2.05. The maximum Gasteiger partial charge on any atom is 0.248 e. The van der Waals surface area contributed by atoms with Crippen LogP contribution in [0.25, 0.3) is 0 Å². The van der Waals surface area contributed by atoms with Crippen molar-refractivity contribution in [2.24, 2.45) is 0 Å². The quantitative estimate of drug-likeness (QED) is 0.828. The average Bonchev–Trinajstić information content (AvgIpc) is 2.56. The molecule has 0 spiro atoms. The summed E-state index contributed by atoms with van der Waals surface area (Å²) >= 11 is 6.08. The monoisotopic (exact) mass is 380 g/mol. The van der Waals surface area contributed by atoms with Gasteiger partial charge in [-0.2, -0.15) is 0 Å². The van der Waals surface area contributed by atoms with Gasteiger partial charge in [0.15, 0.2) is 0 Å². The molecule has 0 radical (unpaired) electrons. The number of anilines is 2. The topological polar surface area (TPSA) is 66.5 Å². The van der Waals surface area contributed by atoms with E-state index in [1.165, 1.54) is 0 Å². The van der Waals surface area contributed by atoms with E-state index in [-0.39, 0.29) is 0 Å². The molecular weight excluding hydrogens is 360 g/mol. The number of nitrogens with one attached hydrogen (secondary N) is 1. The van der Waals surface area contributed by atoms with Crippen LogP contribution in [0.1, 0.15) is 18.9 Å². The van der Waals surface area contributed by atoms with E-state index < -0.39 is 22.0 Å². The predicted octanol–water partition coefficient (Wildman–Crippen LogP) is 3.83. The van der Waals surface area contributed by atoms with E-state index in [9.17, 15) is 13.2 Å². The number of benzene rings is 2. The number of sulfonamides is 1. The zero-order chi connectivity index (χ0) is 18.6. The number of hydrogen-bond acceptors (Lipinski definition) is 3. The second-order valence-electron chi connectivity index (χ2n) is 5.72. The van der Waals surface area contributed by atoms with Crippen molar-refractivity contribution in [3.63, 3.8) is 0 Å². The summed E-state index contributed by atoms with van der Waals surface area (Å²) in [5.41, 5.74) is 1.75. The van der Waals surface area contributed by atoms with Crippen LogP contribution in [0.15, 0.2) is 48.5 Å². The first-order valence-electron chi connectivity index (χ1n) is 7.86. The third-order valence-corrected chi connectivity index (χ3v) is 5.46. The number of hydrogen-bond donors (Lipinski definition) is 1. The fourth-order valence-corrected chi connectivity index (χ4v) is 3.98. The van der Waals surface area contributed by atoms with Gasteiger partial charge in [0.2, 0.25) is 15.9 Å². The highest BCUT2D eigenvalue weighted by molar-refractivity contribution is 7.92. The maximum atomic E-state index is 12.8. The van der Waals surface area contributed by atoms with E-state index >= 15 is 0 Å². The molecular formula is C18H21ClN2O3S. The zero-order valence-corrected chi connectivity index (χ0v) is 15.9. The highest BCUT2D eigenvalue weighted by Gasteiger charge is 2.31. The van der Waals surface area contributed by atoms with E-state index in [1.807, 2.05) is 0 Å². The van der Waals surface area contributed by atoms with Gasteiger partial charge in [-0.1, -0.05) is 42.8 Å². The Balaban J connectivity index is 2.38. The van der Waals surface area contributed by atoms with E-state index in [0.29, 0.717) is 22.8 Å². The van der Waals surface area contributed by atoms with E-state index in [0.717, 1.165) is 16.1 Å². The molecule has 0 unspecified atom stereocenters. The van der Waals surface area contributed by atoms with Gasteiger partial charge in [-0.25, -0.2) is 8.42 Å². The SMILES string of the molecule is CC[C@H](C(=O)Nc1cccc(Cl)c1C)N(c1ccccc1)S(C)(=O)=O. The number of carbonyl (C=O) groups is 1. The second-order valence-corrected chi connectivity index (χ2v) is 7.99. The highest BCUT2D eigenvalue weighted by Crippen LogP contribution is 2.26. The molecule has 0 aliphatic rings. The molecule has 2 aromatic carbocycles. The number of rotatable bonds is 6. The number of halogens is 1. The molecule has 25 heavy (non-hydrogen) atoms. The summed E-state index contributed by atoms with van der Waals surface area (Å²) in [5.74, 6) is -0.401. The smallest absolute Gasteiger partial charge is 0.248 e. The third kappa shape index (κ3) is 4.52. The number of carbonyl (C=O) groups excluding carboxylic acids is 1. The van der Waals surface area contributed by atoms with Crippen LogP contribution in [0.2, 0.25) is 5.02 Å². The lowest BCUT2D eigenvalue weighted by atomic mass is 10.1. The minimum atomic E-state index is -3.64. The molecule has 1 atom stereocenters. The first-order valence-corrected chi connectivity index (χ1v) is 10.1. The molecule has 5 nitrogen and oxygen atoms in total. The Kier molecular flexibility index (Phi) is 6.08. The lowest BCUT2D eigenvalue weighted by molar-refractivity contribution is -0.117. The molecule has 0 saturated carbocycles. The van der Waals surface area contributed by atoms with Crippen molar-refractivity contribution in [1.82, 2.24) is 0 Å². The molecule has 0 bridgehead atoms. The van der Waals surface area contributed by atoms with Gasteiger partial charge in [-0.15, -0.1) is 0 Å². The summed E-state index contributed by atoms with van der Waals surface area (Å²) in [6.07, 6.45) is 1.42. The van der Waals surface area contributed by atoms with Gasteiger partial charge in [0.05, 0.1) is 11.9 Å². The molecule has 0 saturated heterocycles. The molecule has 7 heteroatoms. The first kappa shape index (κ1) is 19.3. The summed E-state index contributed by atoms with van der Waals surface area (Å²) in [4.78, 5) is 12.8.